The van der Waals surface area contributed by atoms with Crippen LogP contribution >= 0.6 is 11.3 Å². The van der Waals surface area contributed by atoms with Crippen molar-refractivity contribution in [3.8, 4) is 0 Å². The molecule has 1 aliphatic rings. The van der Waals surface area contributed by atoms with Crippen LogP contribution in [0.1, 0.15) is 53.7 Å². The van der Waals surface area contributed by atoms with Gasteiger partial charge in [0.2, 0.25) is 0 Å². The Morgan fingerprint density at radius 2 is 1.90 bits per heavy atom. The largest absolute Gasteiger partial charge is 0.301 e. The van der Waals surface area contributed by atoms with Crippen molar-refractivity contribution in [3.63, 3.8) is 0 Å². The second-order valence-corrected chi connectivity index (χ2v) is 6.83. The molecule has 1 N–H and O–H groups in total. The number of nitrogens with zero attached hydrogens (tertiary/aromatic N) is 1. The van der Waals surface area contributed by atoms with Gasteiger partial charge in [0.15, 0.2) is 0 Å². The van der Waals surface area contributed by atoms with Crippen LogP contribution in [0.2, 0.25) is 0 Å². The minimum atomic E-state index is 0.320. The Hall–Kier alpha value is -1.19. The molecule has 2 unspecified atom stereocenters. The topological polar surface area (TPSA) is 24.9 Å². The van der Waals surface area contributed by atoms with Crippen LogP contribution in [0, 0.1) is 19.8 Å². The zero-order chi connectivity index (χ0) is 14.1. The predicted octanol–water partition coefficient (Wildman–Crippen LogP) is 4.56. The van der Waals surface area contributed by atoms with E-state index in [0.29, 0.717) is 12.1 Å². The Morgan fingerprint density at radius 1 is 1.20 bits per heavy atom. The van der Waals surface area contributed by atoms with Gasteiger partial charge in [0.25, 0.3) is 0 Å². The summed E-state index contributed by atoms with van der Waals surface area (Å²) in [5, 5.41) is 7.12. The maximum absolute atomic E-state index is 4.61. The number of benzene rings is 1. The second-order valence-electron chi connectivity index (χ2n) is 5.94. The summed E-state index contributed by atoms with van der Waals surface area (Å²) < 4.78 is 0. The van der Waals surface area contributed by atoms with Crippen molar-refractivity contribution in [2.45, 2.75) is 45.7 Å². The molecule has 2 atom stereocenters. The van der Waals surface area contributed by atoms with Gasteiger partial charge < -0.3 is 5.32 Å². The first-order valence-corrected chi connectivity index (χ1v) is 8.26. The van der Waals surface area contributed by atoms with Gasteiger partial charge in [-0.15, -0.1) is 11.3 Å². The molecular formula is C17H22N2S. The number of aromatic nitrogens is 1. The Morgan fingerprint density at radius 3 is 2.45 bits per heavy atom. The minimum Gasteiger partial charge on any atom is -0.301 e. The van der Waals surface area contributed by atoms with Crippen LogP contribution in [-0.4, -0.2) is 4.98 Å². The van der Waals surface area contributed by atoms with Gasteiger partial charge in [-0.1, -0.05) is 29.8 Å². The first-order valence-electron chi connectivity index (χ1n) is 7.38. The first-order chi connectivity index (χ1) is 9.63. The Balaban J connectivity index is 1.76. The van der Waals surface area contributed by atoms with Crippen LogP contribution in [0.5, 0.6) is 0 Å². The fourth-order valence-electron chi connectivity index (χ4n) is 2.62. The number of aryl methyl sites for hydroxylation is 2. The highest BCUT2D eigenvalue weighted by Gasteiger charge is 2.33. The normalized spacial score (nSPS) is 17.9. The molecule has 1 aromatic carbocycles. The molecule has 0 radical (unpaired) electrons. The molecule has 1 aromatic heterocycles. The summed E-state index contributed by atoms with van der Waals surface area (Å²) >= 11 is 1.76. The molecule has 2 aromatic rings. The van der Waals surface area contributed by atoms with E-state index in [2.05, 4.69) is 60.7 Å². The lowest BCUT2D eigenvalue weighted by molar-refractivity contribution is 0.426. The van der Waals surface area contributed by atoms with Crippen LogP contribution in [0.15, 0.2) is 29.6 Å². The molecule has 1 saturated carbocycles. The summed E-state index contributed by atoms with van der Waals surface area (Å²) in [4.78, 5) is 4.61. The number of hydrogen-bond donors (Lipinski definition) is 1. The van der Waals surface area contributed by atoms with E-state index in [1.54, 1.807) is 11.3 Å². The molecule has 0 aliphatic heterocycles. The summed E-state index contributed by atoms with van der Waals surface area (Å²) in [6.45, 7) is 6.43. The van der Waals surface area contributed by atoms with Gasteiger partial charge in [-0.25, -0.2) is 4.98 Å². The highest BCUT2D eigenvalue weighted by molar-refractivity contribution is 7.09. The maximum Gasteiger partial charge on any atom is 0.110 e. The summed E-state index contributed by atoms with van der Waals surface area (Å²) in [5.74, 6) is 0.793. The van der Waals surface area contributed by atoms with Crippen LogP contribution in [0.3, 0.4) is 0 Å². The van der Waals surface area contributed by atoms with Gasteiger partial charge in [0.05, 0.1) is 6.04 Å². The predicted molar refractivity (Wildman–Crippen MR) is 85.0 cm³/mol. The molecule has 106 valence electrons. The zero-order valence-electron chi connectivity index (χ0n) is 12.4. The van der Waals surface area contributed by atoms with Gasteiger partial charge in [-0.3, -0.25) is 0 Å². The Labute approximate surface area is 125 Å². The van der Waals surface area contributed by atoms with Crippen LogP contribution in [0.25, 0.3) is 0 Å². The van der Waals surface area contributed by atoms with E-state index >= 15 is 0 Å². The maximum atomic E-state index is 4.61. The van der Waals surface area contributed by atoms with E-state index in [9.17, 15) is 0 Å². The lowest BCUT2D eigenvalue weighted by atomic mass is 10.0. The van der Waals surface area contributed by atoms with Gasteiger partial charge in [0.1, 0.15) is 5.01 Å². The van der Waals surface area contributed by atoms with Gasteiger partial charge in [-0.2, -0.15) is 0 Å². The second kappa shape index (κ2) is 5.66. The quantitative estimate of drug-likeness (QED) is 0.871. The minimum absolute atomic E-state index is 0.320. The van der Waals surface area contributed by atoms with Gasteiger partial charge in [0, 0.05) is 17.1 Å². The highest BCUT2D eigenvalue weighted by Crippen LogP contribution is 2.42. The Kier molecular flexibility index (Phi) is 3.90. The van der Waals surface area contributed by atoms with Crippen molar-refractivity contribution in [1.82, 2.24) is 10.3 Å². The first kappa shape index (κ1) is 13.8. The van der Waals surface area contributed by atoms with Gasteiger partial charge in [-0.05, 0) is 45.1 Å². The Bertz CT molecular complexity index is 569. The van der Waals surface area contributed by atoms with E-state index < -0.39 is 0 Å². The van der Waals surface area contributed by atoms with Crippen molar-refractivity contribution >= 4 is 11.3 Å². The molecule has 2 nitrogen and oxygen atoms in total. The van der Waals surface area contributed by atoms with Crippen molar-refractivity contribution in [1.29, 1.82) is 0 Å². The summed E-state index contributed by atoms with van der Waals surface area (Å²) in [5.41, 5.74) is 3.86. The van der Waals surface area contributed by atoms with E-state index in [0.717, 1.165) is 11.6 Å². The molecule has 20 heavy (non-hydrogen) atoms. The average molecular weight is 286 g/mol. The molecular weight excluding hydrogens is 264 g/mol. The molecule has 0 amide bonds. The van der Waals surface area contributed by atoms with E-state index in [-0.39, 0.29) is 0 Å². The third-order valence-corrected chi connectivity index (χ3v) is 5.11. The molecule has 0 saturated heterocycles. The van der Waals surface area contributed by atoms with Crippen LogP contribution < -0.4 is 5.32 Å². The third kappa shape index (κ3) is 3.10. The number of hydrogen-bond acceptors (Lipinski definition) is 3. The molecule has 3 rings (SSSR count). The molecule has 1 heterocycles. The standard InChI is InChI=1S/C17H22N2S/c1-11-4-6-14(7-5-11)16(15-8-9-15)19-13(3)17-18-12(2)10-20-17/h4-7,10,13,15-16,19H,8-9H2,1-3H3. The number of thiazole rings is 1. The number of rotatable bonds is 5. The number of nitrogens with one attached hydrogen (secondary N) is 1. The molecule has 0 bridgehead atoms. The summed E-state index contributed by atoms with van der Waals surface area (Å²) in [6.07, 6.45) is 2.68. The third-order valence-electron chi connectivity index (χ3n) is 3.97. The molecule has 0 spiro atoms. The lowest BCUT2D eigenvalue weighted by Gasteiger charge is -2.23. The SMILES string of the molecule is Cc1ccc(C(NC(C)c2nc(C)cs2)C2CC2)cc1. The highest BCUT2D eigenvalue weighted by atomic mass is 32.1. The molecule has 3 heteroatoms. The lowest BCUT2D eigenvalue weighted by Crippen LogP contribution is -2.26. The summed E-state index contributed by atoms with van der Waals surface area (Å²) in [6, 6.07) is 9.75. The zero-order valence-corrected chi connectivity index (χ0v) is 13.2. The molecule has 1 fully saturated rings. The fraction of sp³-hybridized carbons (Fsp3) is 0.471. The van der Waals surface area contributed by atoms with E-state index in [1.807, 2.05) is 0 Å². The summed E-state index contributed by atoms with van der Waals surface area (Å²) in [7, 11) is 0. The van der Waals surface area contributed by atoms with Crippen molar-refractivity contribution < 1.29 is 0 Å². The van der Waals surface area contributed by atoms with E-state index in [1.165, 1.54) is 29.0 Å². The fourth-order valence-corrected chi connectivity index (χ4v) is 3.43. The smallest absolute Gasteiger partial charge is 0.110 e. The average Bonchev–Trinajstić information content (AvgIpc) is 3.18. The van der Waals surface area contributed by atoms with Gasteiger partial charge >= 0.3 is 0 Å². The molecule has 1 aliphatic carbocycles. The van der Waals surface area contributed by atoms with Crippen molar-refractivity contribution in [2.24, 2.45) is 5.92 Å². The van der Waals surface area contributed by atoms with Crippen molar-refractivity contribution in [3.05, 3.63) is 51.5 Å². The van der Waals surface area contributed by atoms with Crippen LogP contribution in [-0.2, 0) is 0 Å². The van der Waals surface area contributed by atoms with E-state index in [4.69, 9.17) is 0 Å². The van der Waals surface area contributed by atoms with Crippen molar-refractivity contribution in [2.75, 3.05) is 0 Å². The monoisotopic (exact) mass is 286 g/mol. The van der Waals surface area contributed by atoms with Crippen LogP contribution in [0.4, 0.5) is 0 Å².